The van der Waals surface area contributed by atoms with Crippen molar-refractivity contribution in [2.45, 2.75) is 13.0 Å². The molecule has 4 nitrogen and oxygen atoms in total. The van der Waals surface area contributed by atoms with Crippen LogP contribution in [0.15, 0.2) is 40.8 Å². The molecule has 1 aromatic heterocycles. The molecule has 2 rings (SSSR count). The molecule has 4 heteroatoms. The van der Waals surface area contributed by atoms with Crippen LogP contribution in [0.3, 0.4) is 0 Å². The van der Waals surface area contributed by atoms with Crippen LogP contribution >= 0.6 is 0 Å². The molecule has 0 amide bonds. The minimum absolute atomic E-state index is 0.354. The average molecular weight is 256 g/mol. The Morgan fingerprint density at radius 3 is 2.63 bits per heavy atom. The summed E-state index contributed by atoms with van der Waals surface area (Å²) in [5.41, 5.74) is 1.26. The Hall–Kier alpha value is -2.25. The van der Waals surface area contributed by atoms with Gasteiger partial charge in [-0.3, -0.25) is 0 Å². The third-order valence-corrected chi connectivity index (χ3v) is 2.82. The number of hydrogen-bond acceptors (Lipinski definition) is 4. The predicted molar refractivity (Wildman–Crippen MR) is 71.8 cm³/mol. The second-order valence-corrected chi connectivity index (χ2v) is 4.15. The molecule has 2 aromatic rings. The summed E-state index contributed by atoms with van der Waals surface area (Å²) < 4.78 is 10.4. The maximum absolute atomic E-state index is 8.64. The summed E-state index contributed by atoms with van der Waals surface area (Å²) in [6, 6.07) is 13.5. The molecule has 0 atom stereocenters. The van der Waals surface area contributed by atoms with E-state index in [-0.39, 0.29) is 0 Å². The minimum Gasteiger partial charge on any atom is -0.497 e. The molecular weight excluding hydrogens is 240 g/mol. The van der Waals surface area contributed by atoms with Crippen LogP contribution in [-0.2, 0) is 13.0 Å². The van der Waals surface area contributed by atoms with Gasteiger partial charge in [-0.25, -0.2) is 0 Å². The maximum Gasteiger partial charge on any atom is 0.203 e. The lowest BCUT2D eigenvalue weighted by atomic mass is 10.1. The smallest absolute Gasteiger partial charge is 0.203 e. The molecule has 0 saturated carbocycles. The van der Waals surface area contributed by atoms with Gasteiger partial charge in [0.2, 0.25) is 5.76 Å². The fourth-order valence-electron chi connectivity index (χ4n) is 1.77. The van der Waals surface area contributed by atoms with Crippen molar-refractivity contribution >= 4 is 0 Å². The van der Waals surface area contributed by atoms with E-state index in [4.69, 9.17) is 14.4 Å². The van der Waals surface area contributed by atoms with Gasteiger partial charge in [0.1, 0.15) is 17.6 Å². The standard InChI is InChI=1S/C15H16N2O2/c1-18-13-4-2-12(3-5-13)8-9-17-11-15-7-6-14(10-16)19-15/h2-7,17H,8-9,11H2,1H3. The number of benzene rings is 1. The molecule has 0 spiro atoms. The summed E-state index contributed by atoms with van der Waals surface area (Å²) in [6.45, 7) is 1.49. The largest absolute Gasteiger partial charge is 0.497 e. The Kier molecular flexibility index (Phi) is 4.60. The quantitative estimate of drug-likeness (QED) is 0.807. The summed E-state index contributed by atoms with van der Waals surface area (Å²) in [5.74, 6) is 2.01. The molecule has 0 aliphatic rings. The Morgan fingerprint density at radius 1 is 1.21 bits per heavy atom. The predicted octanol–water partition coefficient (Wildman–Crippen LogP) is 2.49. The molecular formula is C15H16N2O2. The lowest BCUT2D eigenvalue weighted by molar-refractivity contribution is 0.414. The summed E-state index contributed by atoms with van der Waals surface area (Å²) in [4.78, 5) is 0. The summed E-state index contributed by atoms with van der Waals surface area (Å²) in [6.07, 6.45) is 0.940. The number of nitrogens with zero attached hydrogens (tertiary/aromatic N) is 1. The van der Waals surface area contributed by atoms with Crippen molar-refractivity contribution in [2.24, 2.45) is 0 Å². The molecule has 0 bridgehead atoms. The fourth-order valence-corrected chi connectivity index (χ4v) is 1.77. The van der Waals surface area contributed by atoms with Gasteiger partial charge in [0.05, 0.1) is 13.7 Å². The van der Waals surface area contributed by atoms with Gasteiger partial charge in [-0.15, -0.1) is 0 Å². The van der Waals surface area contributed by atoms with E-state index in [0.29, 0.717) is 12.3 Å². The van der Waals surface area contributed by atoms with Gasteiger partial charge in [-0.1, -0.05) is 12.1 Å². The third kappa shape index (κ3) is 3.87. The van der Waals surface area contributed by atoms with Gasteiger partial charge >= 0.3 is 0 Å². The van der Waals surface area contributed by atoms with Crippen LogP contribution in [0.1, 0.15) is 17.1 Å². The van der Waals surface area contributed by atoms with Crippen molar-refractivity contribution in [1.29, 1.82) is 5.26 Å². The van der Waals surface area contributed by atoms with E-state index in [1.165, 1.54) is 5.56 Å². The van der Waals surface area contributed by atoms with Gasteiger partial charge in [0.25, 0.3) is 0 Å². The molecule has 19 heavy (non-hydrogen) atoms. The van der Waals surface area contributed by atoms with E-state index in [2.05, 4.69) is 17.4 Å². The highest BCUT2D eigenvalue weighted by atomic mass is 16.5. The molecule has 0 saturated heterocycles. The SMILES string of the molecule is COc1ccc(CCNCc2ccc(C#N)o2)cc1. The van der Waals surface area contributed by atoms with Crippen LogP contribution in [0.5, 0.6) is 5.75 Å². The molecule has 0 aliphatic carbocycles. The fraction of sp³-hybridized carbons (Fsp3) is 0.267. The van der Waals surface area contributed by atoms with Crippen molar-refractivity contribution in [3.8, 4) is 11.8 Å². The van der Waals surface area contributed by atoms with Crippen LogP contribution in [0.4, 0.5) is 0 Å². The van der Waals surface area contributed by atoms with E-state index >= 15 is 0 Å². The molecule has 0 unspecified atom stereocenters. The second-order valence-electron chi connectivity index (χ2n) is 4.15. The third-order valence-electron chi connectivity index (χ3n) is 2.82. The van der Waals surface area contributed by atoms with Crippen LogP contribution in [0.25, 0.3) is 0 Å². The second kappa shape index (κ2) is 6.62. The van der Waals surface area contributed by atoms with Crippen molar-refractivity contribution in [3.05, 3.63) is 53.5 Å². The number of nitrogens with one attached hydrogen (secondary N) is 1. The highest BCUT2D eigenvalue weighted by molar-refractivity contribution is 5.27. The zero-order valence-corrected chi connectivity index (χ0v) is 10.8. The van der Waals surface area contributed by atoms with Gasteiger partial charge in [-0.2, -0.15) is 5.26 Å². The highest BCUT2D eigenvalue weighted by Gasteiger charge is 2.00. The molecule has 98 valence electrons. The minimum atomic E-state index is 0.354. The van der Waals surface area contributed by atoms with E-state index in [1.54, 1.807) is 13.2 Å². The van der Waals surface area contributed by atoms with Crippen molar-refractivity contribution in [1.82, 2.24) is 5.32 Å². The van der Waals surface area contributed by atoms with E-state index in [9.17, 15) is 0 Å². The zero-order valence-electron chi connectivity index (χ0n) is 10.8. The normalized spacial score (nSPS) is 10.1. The Morgan fingerprint density at radius 2 is 2.00 bits per heavy atom. The maximum atomic E-state index is 8.64. The molecule has 1 aromatic carbocycles. The van der Waals surface area contributed by atoms with Gasteiger partial charge in [-0.05, 0) is 42.8 Å². The number of nitriles is 1. The number of rotatable bonds is 6. The molecule has 1 heterocycles. The lowest BCUT2D eigenvalue weighted by Gasteiger charge is -2.04. The number of hydrogen-bond donors (Lipinski definition) is 1. The van der Waals surface area contributed by atoms with Gasteiger partial charge < -0.3 is 14.5 Å². The zero-order chi connectivity index (χ0) is 13.5. The first-order valence-corrected chi connectivity index (χ1v) is 6.14. The number of ether oxygens (including phenoxy) is 1. The first-order valence-electron chi connectivity index (χ1n) is 6.14. The summed E-state index contributed by atoms with van der Waals surface area (Å²) >= 11 is 0. The van der Waals surface area contributed by atoms with Crippen LogP contribution in [0, 0.1) is 11.3 Å². The van der Waals surface area contributed by atoms with Crippen molar-refractivity contribution in [2.75, 3.05) is 13.7 Å². The van der Waals surface area contributed by atoms with E-state index in [0.717, 1.165) is 24.5 Å². The van der Waals surface area contributed by atoms with Crippen LogP contribution in [-0.4, -0.2) is 13.7 Å². The van der Waals surface area contributed by atoms with Crippen molar-refractivity contribution < 1.29 is 9.15 Å². The summed E-state index contributed by atoms with van der Waals surface area (Å²) in [7, 11) is 1.66. The van der Waals surface area contributed by atoms with Crippen LogP contribution < -0.4 is 10.1 Å². The Bertz CT molecular complexity index is 552. The molecule has 0 radical (unpaired) electrons. The average Bonchev–Trinajstić information content (AvgIpc) is 2.92. The van der Waals surface area contributed by atoms with Gasteiger partial charge in [0, 0.05) is 0 Å². The topological polar surface area (TPSA) is 58.2 Å². The van der Waals surface area contributed by atoms with E-state index < -0.39 is 0 Å². The van der Waals surface area contributed by atoms with Crippen LogP contribution in [0.2, 0.25) is 0 Å². The first kappa shape index (κ1) is 13.2. The molecule has 0 fully saturated rings. The monoisotopic (exact) mass is 256 g/mol. The van der Waals surface area contributed by atoms with Crippen molar-refractivity contribution in [3.63, 3.8) is 0 Å². The van der Waals surface area contributed by atoms with Gasteiger partial charge in [0.15, 0.2) is 0 Å². The molecule has 1 N–H and O–H groups in total. The Balaban J connectivity index is 1.72. The number of methoxy groups -OCH3 is 1. The summed E-state index contributed by atoms with van der Waals surface area (Å²) in [5, 5.41) is 11.9. The first-order chi connectivity index (χ1) is 9.31. The van der Waals surface area contributed by atoms with E-state index in [1.807, 2.05) is 24.3 Å². The lowest BCUT2D eigenvalue weighted by Crippen LogP contribution is -2.16. The number of furan rings is 1. The molecule has 0 aliphatic heterocycles. The Labute approximate surface area is 112 Å². The highest BCUT2D eigenvalue weighted by Crippen LogP contribution is 2.11.